The SMILES string of the molecule is C=c1ccc2c(c1)Oc1cc(C)ccc1N=2.C=c1ccc2c(c1)Oc1cc(C)ccc1N=2.C=c1ccc2c(c1)Oc1cc(CO)ccc1N=2.C=c1ccc2c(c1)Oc1cc(O)ccc1N=2. The van der Waals surface area contributed by atoms with Crippen molar-refractivity contribution in [3.8, 4) is 51.7 Å². The van der Waals surface area contributed by atoms with Crippen LogP contribution in [0.2, 0.25) is 0 Å². The van der Waals surface area contributed by atoms with Crippen LogP contribution in [-0.4, -0.2) is 10.2 Å². The number of hydrogen-bond donors (Lipinski definition) is 2. The Morgan fingerprint density at radius 1 is 0.369 bits per heavy atom. The predicted octanol–water partition coefficient (Wildman–Crippen LogP) is 8.43. The minimum Gasteiger partial charge on any atom is -0.508 e. The molecular weight excluding hydrogens is 813 g/mol. The van der Waals surface area contributed by atoms with Crippen LogP contribution in [0.15, 0.2) is 166 Å². The number of phenolic OH excluding ortho intramolecular Hbond substituents is 1. The van der Waals surface area contributed by atoms with Crippen molar-refractivity contribution in [2.75, 3.05) is 0 Å². The van der Waals surface area contributed by atoms with E-state index in [9.17, 15) is 5.11 Å². The number of ether oxygens (including phenoxy) is 4. The highest BCUT2D eigenvalue weighted by Gasteiger charge is 2.15. The van der Waals surface area contributed by atoms with Crippen LogP contribution in [0.4, 0.5) is 22.7 Å². The minimum absolute atomic E-state index is 0.00112. The van der Waals surface area contributed by atoms with Crippen LogP contribution >= 0.6 is 0 Å². The molecule has 0 fully saturated rings. The molecule has 0 atom stereocenters. The first-order chi connectivity index (χ1) is 31.4. The summed E-state index contributed by atoms with van der Waals surface area (Å²) in [4.78, 5) is 18.0. The molecule has 0 amide bonds. The molecule has 12 rings (SSSR count). The molecular formula is C55H42N4O6. The Morgan fingerprint density at radius 3 is 1.06 bits per heavy atom. The average molecular weight is 855 g/mol. The van der Waals surface area contributed by atoms with Gasteiger partial charge in [-0.25, -0.2) is 20.0 Å². The van der Waals surface area contributed by atoms with Gasteiger partial charge in [0, 0.05) is 6.07 Å². The molecule has 4 heterocycles. The van der Waals surface area contributed by atoms with Crippen LogP contribution in [0.25, 0.3) is 26.3 Å². The van der Waals surface area contributed by atoms with E-state index in [2.05, 4.69) is 46.3 Å². The first-order valence-corrected chi connectivity index (χ1v) is 20.6. The van der Waals surface area contributed by atoms with E-state index in [-0.39, 0.29) is 12.4 Å². The Labute approximate surface area is 373 Å². The number of hydrogen-bond acceptors (Lipinski definition) is 10. The molecule has 0 saturated carbocycles. The highest BCUT2D eigenvalue weighted by molar-refractivity contribution is 5.60. The number of aliphatic hydroxyl groups is 1. The van der Waals surface area contributed by atoms with E-state index in [0.29, 0.717) is 23.0 Å². The van der Waals surface area contributed by atoms with Gasteiger partial charge >= 0.3 is 0 Å². The van der Waals surface area contributed by atoms with Gasteiger partial charge in [0.05, 0.1) is 6.61 Å². The zero-order chi connectivity index (χ0) is 45.2. The van der Waals surface area contributed by atoms with Gasteiger partial charge in [-0.2, -0.15) is 0 Å². The lowest BCUT2D eigenvalue weighted by atomic mass is 10.2. The topological polar surface area (TPSA) is 127 Å². The molecule has 4 aliphatic heterocycles. The quantitative estimate of drug-likeness (QED) is 0.171. The second-order valence-electron chi connectivity index (χ2n) is 15.6. The number of rotatable bonds is 1. The Kier molecular flexibility index (Phi) is 11.3. The van der Waals surface area contributed by atoms with Crippen molar-refractivity contribution < 1.29 is 29.2 Å². The van der Waals surface area contributed by atoms with E-state index >= 15 is 0 Å². The van der Waals surface area contributed by atoms with Gasteiger partial charge in [0.2, 0.25) is 0 Å². The van der Waals surface area contributed by atoms with Crippen LogP contribution in [0.3, 0.4) is 0 Å². The van der Waals surface area contributed by atoms with Gasteiger partial charge in [-0.05, 0) is 148 Å². The number of aliphatic hydroxyl groups excluding tert-OH is 1. The lowest BCUT2D eigenvalue weighted by molar-refractivity contribution is 0.281. The van der Waals surface area contributed by atoms with Crippen molar-refractivity contribution in [3.63, 3.8) is 0 Å². The summed E-state index contributed by atoms with van der Waals surface area (Å²) in [6.45, 7) is 19.5. The highest BCUT2D eigenvalue weighted by Crippen LogP contribution is 2.37. The summed E-state index contributed by atoms with van der Waals surface area (Å²) < 4.78 is 23.0. The van der Waals surface area contributed by atoms with E-state index in [0.717, 1.165) is 93.6 Å². The fourth-order valence-corrected chi connectivity index (χ4v) is 7.02. The van der Waals surface area contributed by atoms with Gasteiger partial charge in [-0.15, -0.1) is 0 Å². The fourth-order valence-electron chi connectivity index (χ4n) is 7.02. The van der Waals surface area contributed by atoms with Crippen molar-refractivity contribution in [3.05, 3.63) is 205 Å². The van der Waals surface area contributed by atoms with E-state index in [1.165, 1.54) is 11.1 Å². The molecule has 0 spiro atoms. The van der Waals surface area contributed by atoms with Gasteiger partial charge in [0.15, 0.2) is 46.0 Å². The van der Waals surface area contributed by atoms with Gasteiger partial charge < -0.3 is 29.2 Å². The van der Waals surface area contributed by atoms with Gasteiger partial charge in [-0.1, -0.05) is 68.8 Å². The van der Waals surface area contributed by atoms with Crippen molar-refractivity contribution >= 4 is 49.1 Å². The maximum atomic E-state index is 9.36. The maximum absolute atomic E-state index is 9.36. The second-order valence-corrected chi connectivity index (χ2v) is 15.6. The Bertz CT molecular complexity index is 3400. The van der Waals surface area contributed by atoms with Gasteiger partial charge in [0.1, 0.15) is 49.9 Å². The lowest BCUT2D eigenvalue weighted by Crippen LogP contribution is -2.13. The highest BCUT2D eigenvalue weighted by atomic mass is 16.5. The third-order valence-corrected chi connectivity index (χ3v) is 10.3. The normalized spacial score (nSPS) is 12.0. The average Bonchev–Trinajstić information content (AvgIpc) is 3.29. The first-order valence-electron chi connectivity index (χ1n) is 20.6. The van der Waals surface area contributed by atoms with Crippen molar-refractivity contribution in [1.29, 1.82) is 0 Å². The molecule has 10 nitrogen and oxygen atoms in total. The molecule has 0 aromatic heterocycles. The number of aryl methyl sites for hydroxylation is 2. The number of benzene rings is 8. The van der Waals surface area contributed by atoms with Crippen LogP contribution in [0, 0.1) is 13.8 Å². The Morgan fingerprint density at radius 2 is 0.692 bits per heavy atom. The van der Waals surface area contributed by atoms with E-state index in [1.54, 1.807) is 24.3 Å². The number of fused-ring (bicyclic) bond motifs is 8. The van der Waals surface area contributed by atoms with Crippen molar-refractivity contribution in [2.45, 2.75) is 20.5 Å². The molecule has 318 valence electrons. The smallest absolute Gasteiger partial charge is 0.156 e. The first kappa shape index (κ1) is 41.7. The monoisotopic (exact) mass is 854 g/mol. The van der Waals surface area contributed by atoms with Crippen molar-refractivity contribution in [2.24, 2.45) is 20.0 Å². The molecule has 2 N–H and O–H groups in total. The molecule has 0 aliphatic carbocycles. The van der Waals surface area contributed by atoms with Crippen LogP contribution in [-0.2, 0) is 6.61 Å². The summed E-state index contributed by atoms with van der Waals surface area (Å²) in [5.41, 5.74) is 6.43. The number of nitrogens with zero attached hydrogens (tertiary/aromatic N) is 4. The summed E-state index contributed by atoms with van der Waals surface area (Å²) in [6, 6.07) is 45.2. The van der Waals surface area contributed by atoms with E-state index in [1.807, 2.05) is 135 Å². The zero-order valence-corrected chi connectivity index (χ0v) is 35.7. The van der Waals surface area contributed by atoms with E-state index in [4.69, 9.17) is 24.1 Å². The molecule has 8 aromatic carbocycles. The molecule has 10 heteroatoms. The van der Waals surface area contributed by atoms with Crippen LogP contribution in [0.1, 0.15) is 16.7 Å². The number of phenols is 1. The van der Waals surface area contributed by atoms with Crippen LogP contribution in [0.5, 0.6) is 51.7 Å². The van der Waals surface area contributed by atoms with Crippen molar-refractivity contribution in [1.82, 2.24) is 0 Å². The van der Waals surface area contributed by atoms with Gasteiger partial charge in [0.25, 0.3) is 0 Å². The van der Waals surface area contributed by atoms with Crippen LogP contribution < -0.4 is 61.3 Å². The maximum Gasteiger partial charge on any atom is 0.156 e. The van der Waals surface area contributed by atoms with E-state index < -0.39 is 0 Å². The Hall–Kier alpha value is -8.60. The number of aromatic hydroxyl groups is 1. The molecule has 65 heavy (non-hydrogen) atoms. The summed E-state index contributed by atoms with van der Waals surface area (Å²) in [7, 11) is 0. The summed E-state index contributed by atoms with van der Waals surface area (Å²) in [5.74, 6) is 5.99. The Balaban J connectivity index is 0.000000109. The lowest BCUT2D eigenvalue weighted by Gasteiger charge is -2.14. The standard InChI is InChI=1S/C14H11NO2.2C14H11NO.C13H9NO2/c1-9-2-4-11-13(6-9)17-14-7-10(8-16)3-5-12(14)15-11;2*1-9-3-5-11-13(7-9)16-14-8-10(2)4-6-12(14)15-11;1-8-2-4-10-12(6-8)16-13-7-9(15)3-5-11(13)14-10/h2-7,16H,1,8H2;2*3-8H,1H2,2H3;2-7,15H,1H2. The molecule has 0 unspecified atom stereocenters. The molecule has 8 aromatic rings. The molecule has 0 radical (unpaired) electrons. The molecule has 4 aliphatic rings. The van der Waals surface area contributed by atoms with Gasteiger partial charge in [-0.3, -0.25) is 0 Å². The minimum atomic E-state index is -0.00112. The molecule has 0 bridgehead atoms. The summed E-state index contributed by atoms with van der Waals surface area (Å²) >= 11 is 0. The molecule has 0 saturated heterocycles. The fraction of sp³-hybridized carbons (Fsp3) is 0.0545. The predicted molar refractivity (Wildman–Crippen MR) is 253 cm³/mol. The largest absolute Gasteiger partial charge is 0.508 e. The second kappa shape index (κ2) is 17.6. The summed E-state index contributed by atoms with van der Waals surface area (Å²) in [5, 5.41) is 25.4. The third kappa shape index (κ3) is 9.43. The zero-order valence-electron chi connectivity index (χ0n) is 35.7. The third-order valence-electron chi connectivity index (χ3n) is 10.3. The summed E-state index contributed by atoms with van der Waals surface area (Å²) in [6.07, 6.45) is 0.